The van der Waals surface area contributed by atoms with Gasteiger partial charge in [-0.2, -0.15) is 0 Å². The molecule has 0 bridgehead atoms. The van der Waals surface area contributed by atoms with E-state index in [2.05, 4.69) is 29.4 Å². The third-order valence-electron chi connectivity index (χ3n) is 2.00. The van der Waals surface area contributed by atoms with Gasteiger partial charge in [0.15, 0.2) is 6.39 Å². The van der Waals surface area contributed by atoms with Crippen molar-refractivity contribution >= 4 is 5.69 Å². The summed E-state index contributed by atoms with van der Waals surface area (Å²) in [5.74, 6) is 0.838. The van der Waals surface area contributed by atoms with Gasteiger partial charge in [0.05, 0.1) is 12.7 Å². The Kier molecular flexibility index (Phi) is 2.49. The highest BCUT2D eigenvalue weighted by Gasteiger charge is 1.95. The molecule has 0 aliphatic heterocycles. The van der Waals surface area contributed by atoms with Gasteiger partial charge >= 0.3 is 0 Å². The maximum atomic E-state index is 5.11. The lowest BCUT2D eigenvalue weighted by atomic mass is 10.2. The zero-order valence-corrected chi connectivity index (χ0v) is 8.03. The number of benzene rings is 1. The molecule has 2 rings (SSSR count). The van der Waals surface area contributed by atoms with Crippen LogP contribution in [0.1, 0.15) is 11.3 Å². The molecule has 0 atom stereocenters. The van der Waals surface area contributed by atoms with Gasteiger partial charge in [0.2, 0.25) is 0 Å². The summed E-state index contributed by atoms with van der Waals surface area (Å²) in [6, 6.07) is 8.24. The van der Waals surface area contributed by atoms with Crippen molar-refractivity contribution in [3.63, 3.8) is 0 Å². The molecule has 3 heteroatoms. The van der Waals surface area contributed by atoms with Crippen LogP contribution in [0.15, 0.2) is 41.3 Å². The number of nitrogens with zero attached hydrogens (tertiary/aromatic N) is 1. The fourth-order valence-corrected chi connectivity index (χ4v) is 1.19. The first-order valence-electron chi connectivity index (χ1n) is 4.52. The van der Waals surface area contributed by atoms with Gasteiger partial charge in [0, 0.05) is 5.69 Å². The first kappa shape index (κ1) is 8.81. The van der Waals surface area contributed by atoms with Crippen LogP contribution in [-0.2, 0) is 6.54 Å². The molecular weight excluding hydrogens is 176 g/mol. The van der Waals surface area contributed by atoms with Crippen LogP contribution in [0, 0.1) is 6.92 Å². The molecule has 0 saturated carbocycles. The first-order chi connectivity index (χ1) is 6.84. The lowest BCUT2D eigenvalue weighted by Gasteiger charge is -2.03. The van der Waals surface area contributed by atoms with E-state index < -0.39 is 0 Å². The molecule has 0 aliphatic carbocycles. The predicted octanol–water partition coefficient (Wildman–Crippen LogP) is 2.60. The predicted molar refractivity (Wildman–Crippen MR) is 55.0 cm³/mol. The molecule has 1 heterocycles. The second-order valence-corrected chi connectivity index (χ2v) is 3.19. The number of anilines is 1. The summed E-state index contributed by atoms with van der Waals surface area (Å²) in [6.07, 6.45) is 3.15. The van der Waals surface area contributed by atoms with Gasteiger partial charge < -0.3 is 9.73 Å². The van der Waals surface area contributed by atoms with Gasteiger partial charge in [0.1, 0.15) is 5.76 Å². The Morgan fingerprint density at radius 1 is 1.29 bits per heavy atom. The number of nitrogens with one attached hydrogen (secondary N) is 1. The van der Waals surface area contributed by atoms with Crippen LogP contribution in [0.25, 0.3) is 0 Å². The summed E-state index contributed by atoms with van der Waals surface area (Å²) in [5.41, 5.74) is 2.35. The molecule has 0 amide bonds. The van der Waals surface area contributed by atoms with Crippen LogP contribution >= 0.6 is 0 Å². The Bertz CT molecular complexity index is 378. The minimum Gasteiger partial charge on any atom is -0.447 e. The maximum absolute atomic E-state index is 5.11. The van der Waals surface area contributed by atoms with E-state index in [9.17, 15) is 0 Å². The van der Waals surface area contributed by atoms with Gasteiger partial charge in [-0.15, -0.1) is 0 Å². The average molecular weight is 188 g/mol. The average Bonchev–Trinajstić information content (AvgIpc) is 2.70. The van der Waals surface area contributed by atoms with Crippen molar-refractivity contribution in [1.29, 1.82) is 0 Å². The van der Waals surface area contributed by atoms with Crippen LogP contribution in [0.5, 0.6) is 0 Å². The van der Waals surface area contributed by atoms with Crippen molar-refractivity contribution in [3.05, 3.63) is 48.2 Å². The van der Waals surface area contributed by atoms with Gasteiger partial charge in [-0.3, -0.25) is 0 Å². The molecule has 1 N–H and O–H groups in total. The van der Waals surface area contributed by atoms with Gasteiger partial charge in [-0.05, 0) is 19.1 Å². The van der Waals surface area contributed by atoms with Crippen molar-refractivity contribution in [2.75, 3.05) is 5.32 Å². The van der Waals surface area contributed by atoms with Crippen LogP contribution < -0.4 is 5.32 Å². The normalized spacial score (nSPS) is 10.1. The summed E-state index contributed by atoms with van der Waals surface area (Å²) < 4.78 is 5.11. The molecule has 0 saturated heterocycles. The van der Waals surface area contributed by atoms with Crippen molar-refractivity contribution < 1.29 is 4.42 Å². The summed E-state index contributed by atoms with van der Waals surface area (Å²) >= 11 is 0. The highest BCUT2D eigenvalue weighted by molar-refractivity contribution is 5.44. The van der Waals surface area contributed by atoms with E-state index in [1.54, 1.807) is 6.20 Å². The number of oxazole rings is 1. The van der Waals surface area contributed by atoms with Gasteiger partial charge in [-0.25, -0.2) is 4.98 Å². The minimum atomic E-state index is 0.670. The number of hydrogen-bond donors (Lipinski definition) is 1. The Morgan fingerprint density at radius 3 is 2.71 bits per heavy atom. The van der Waals surface area contributed by atoms with Crippen LogP contribution in [0.3, 0.4) is 0 Å². The minimum absolute atomic E-state index is 0.670. The summed E-state index contributed by atoms with van der Waals surface area (Å²) in [7, 11) is 0. The Balaban J connectivity index is 1.95. The SMILES string of the molecule is Cc1ccc(NCc2cnco2)cc1. The molecule has 1 aromatic heterocycles. The topological polar surface area (TPSA) is 38.1 Å². The number of rotatable bonds is 3. The van der Waals surface area contributed by atoms with E-state index in [4.69, 9.17) is 4.42 Å². The van der Waals surface area contributed by atoms with E-state index in [0.717, 1.165) is 11.4 Å². The highest BCUT2D eigenvalue weighted by Crippen LogP contribution is 2.10. The molecule has 0 fully saturated rings. The van der Waals surface area contributed by atoms with Gasteiger partial charge in [0.25, 0.3) is 0 Å². The monoisotopic (exact) mass is 188 g/mol. The quantitative estimate of drug-likeness (QED) is 0.804. The maximum Gasteiger partial charge on any atom is 0.180 e. The molecular formula is C11H12N2O. The Labute approximate surface area is 82.8 Å². The van der Waals surface area contributed by atoms with Crippen molar-refractivity contribution in [2.24, 2.45) is 0 Å². The number of hydrogen-bond acceptors (Lipinski definition) is 3. The lowest BCUT2D eigenvalue weighted by molar-refractivity contribution is 0.512. The zero-order valence-electron chi connectivity index (χ0n) is 8.03. The van der Waals surface area contributed by atoms with Crippen molar-refractivity contribution in [1.82, 2.24) is 4.98 Å². The number of aromatic nitrogens is 1. The molecule has 2 aromatic rings. The molecule has 72 valence electrons. The Hall–Kier alpha value is -1.77. The molecule has 0 aliphatic rings. The summed E-state index contributed by atoms with van der Waals surface area (Å²) in [6.45, 7) is 2.74. The molecule has 14 heavy (non-hydrogen) atoms. The van der Waals surface area contributed by atoms with E-state index in [0.29, 0.717) is 6.54 Å². The lowest BCUT2D eigenvalue weighted by Crippen LogP contribution is -1.97. The third kappa shape index (κ3) is 2.13. The summed E-state index contributed by atoms with van der Waals surface area (Å²) in [4.78, 5) is 3.84. The van der Waals surface area contributed by atoms with Gasteiger partial charge in [-0.1, -0.05) is 17.7 Å². The highest BCUT2D eigenvalue weighted by atomic mass is 16.3. The zero-order chi connectivity index (χ0) is 9.80. The Morgan fingerprint density at radius 2 is 2.07 bits per heavy atom. The molecule has 0 spiro atoms. The second-order valence-electron chi connectivity index (χ2n) is 3.19. The van der Waals surface area contributed by atoms with Crippen LogP contribution in [0.2, 0.25) is 0 Å². The second kappa shape index (κ2) is 3.96. The van der Waals surface area contributed by atoms with Crippen molar-refractivity contribution in [3.8, 4) is 0 Å². The molecule has 1 aromatic carbocycles. The van der Waals surface area contributed by atoms with Crippen molar-refractivity contribution in [2.45, 2.75) is 13.5 Å². The fourth-order valence-electron chi connectivity index (χ4n) is 1.19. The van der Waals surface area contributed by atoms with E-state index in [1.165, 1.54) is 12.0 Å². The van der Waals surface area contributed by atoms with E-state index in [-0.39, 0.29) is 0 Å². The summed E-state index contributed by atoms with van der Waals surface area (Å²) in [5, 5.41) is 3.24. The third-order valence-corrected chi connectivity index (χ3v) is 2.00. The van der Waals surface area contributed by atoms with E-state index in [1.807, 2.05) is 12.1 Å². The van der Waals surface area contributed by atoms with Crippen LogP contribution in [-0.4, -0.2) is 4.98 Å². The first-order valence-corrected chi connectivity index (χ1v) is 4.52. The molecule has 0 unspecified atom stereocenters. The largest absolute Gasteiger partial charge is 0.447 e. The molecule has 0 radical (unpaired) electrons. The number of aryl methyl sites for hydroxylation is 1. The fraction of sp³-hybridized carbons (Fsp3) is 0.182. The van der Waals surface area contributed by atoms with E-state index >= 15 is 0 Å². The smallest absolute Gasteiger partial charge is 0.180 e. The van der Waals surface area contributed by atoms with Crippen LogP contribution in [0.4, 0.5) is 5.69 Å². The standard InChI is InChI=1S/C11H12N2O/c1-9-2-4-10(5-3-9)13-7-11-6-12-8-14-11/h2-6,8,13H,7H2,1H3. The molecule has 3 nitrogen and oxygen atoms in total.